The number of primary amides is 1. The first-order valence-electron chi connectivity index (χ1n) is 22.0. The molecule has 0 saturated heterocycles. The molecule has 66 heavy (non-hydrogen) atoms. The highest BCUT2D eigenvalue weighted by Crippen LogP contribution is 2.12. The van der Waals surface area contributed by atoms with Crippen LogP contribution in [0.2, 0.25) is 0 Å². The summed E-state index contributed by atoms with van der Waals surface area (Å²) in [7, 11) is 0. The molecule has 0 spiro atoms. The van der Waals surface area contributed by atoms with E-state index in [1.54, 1.807) is 58.0 Å². The summed E-state index contributed by atoms with van der Waals surface area (Å²) in [6.45, 7) is 5.77. The molecular formula is C43H68N12O11. The van der Waals surface area contributed by atoms with Crippen LogP contribution in [-0.4, -0.2) is 135 Å². The number of benzene rings is 1. The highest BCUT2D eigenvalue weighted by atomic mass is 16.4. The van der Waals surface area contributed by atoms with Crippen LogP contribution < -0.4 is 54.4 Å². The summed E-state index contributed by atoms with van der Waals surface area (Å²) in [5, 5.41) is 36.8. The number of amides is 8. The van der Waals surface area contributed by atoms with Gasteiger partial charge in [-0.05, 0) is 56.0 Å². The topological polar surface area (TPSA) is 385 Å². The number of carbonyl (C=O) groups is 9. The van der Waals surface area contributed by atoms with Crippen LogP contribution in [0.3, 0.4) is 0 Å². The van der Waals surface area contributed by atoms with E-state index in [0.29, 0.717) is 37.1 Å². The van der Waals surface area contributed by atoms with Crippen molar-refractivity contribution in [1.82, 2.24) is 47.2 Å². The molecule has 0 unspecified atom stereocenters. The maximum absolute atomic E-state index is 13.9. The number of carboxylic acids is 1. The zero-order valence-corrected chi connectivity index (χ0v) is 38.0. The average Bonchev–Trinajstić information content (AvgIpc) is 3.80. The summed E-state index contributed by atoms with van der Waals surface area (Å²) in [6, 6.07) is -0.0652. The van der Waals surface area contributed by atoms with Crippen molar-refractivity contribution < 1.29 is 53.4 Å². The normalized spacial score (nSPS) is 14.7. The average molecular weight is 929 g/mol. The molecule has 0 aliphatic rings. The van der Waals surface area contributed by atoms with E-state index >= 15 is 0 Å². The quantitative estimate of drug-likeness (QED) is 0.0338. The molecule has 1 aromatic heterocycles. The fourth-order valence-electron chi connectivity index (χ4n) is 6.55. The molecule has 0 radical (unpaired) electrons. The number of hydrogen-bond donors (Lipinski definition) is 13. The Balaban J connectivity index is 2.19. The van der Waals surface area contributed by atoms with E-state index in [4.69, 9.17) is 22.3 Å². The lowest BCUT2D eigenvalue weighted by atomic mass is 9.97. The highest BCUT2D eigenvalue weighted by Gasteiger charge is 2.34. The maximum atomic E-state index is 13.9. The second-order valence-electron chi connectivity index (χ2n) is 16.5. The first-order valence-corrected chi connectivity index (χ1v) is 22.0. The van der Waals surface area contributed by atoms with Crippen LogP contribution in [0.15, 0.2) is 42.9 Å². The number of aromatic amines is 1. The number of aliphatic hydroxyl groups is 1. The second-order valence-corrected chi connectivity index (χ2v) is 16.5. The number of nitrogens with one attached hydrogen (secondary N) is 8. The molecule has 0 aliphatic carbocycles. The number of aromatic nitrogens is 2. The molecule has 1 heterocycles. The van der Waals surface area contributed by atoms with Crippen LogP contribution in [0.1, 0.15) is 83.9 Å². The van der Waals surface area contributed by atoms with Crippen molar-refractivity contribution in [2.45, 2.75) is 128 Å². The van der Waals surface area contributed by atoms with Gasteiger partial charge in [-0.25, -0.2) is 4.98 Å². The summed E-state index contributed by atoms with van der Waals surface area (Å²) < 4.78 is 0. The summed E-state index contributed by atoms with van der Waals surface area (Å²) >= 11 is 0. The van der Waals surface area contributed by atoms with Crippen molar-refractivity contribution in [3.8, 4) is 0 Å². The molecule has 23 heteroatoms. The Labute approximate surface area is 383 Å². The number of aliphatic carboxylic acids is 1. The molecule has 23 nitrogen and oxygen atoms in total. The van der Waals surface area contributed by atoms with Gasteiger partial charge in [-0.2, -0.15) is 0 Å². The Morgan fingerprint density at radius 2 is 1.33 bits per heavy atom. The minimum Gasteiger partial charge on any atom is -0.481 e. The third-order valence-corrected chi connectivity index (χ3v) is 10.5. The Morgan fingerprint density at radius 3 is 1.91 bits per heavy atom. The molecule has 0 aliphatic heterocycles. The van der Waals surface area contributed by atoms with Gasteiger partial charge in [0, 0.05) is 31.2 Å². The zero-order chi connectivity index (χ0) is 49.3. The second kappa shape index (κ2) is 29.2. The lowest BCUT2D eigenvalue weighted by Gasteiger charge is -2.27. The van der Waals surface area contributed by atoms with E-state index in [2.05, 4.69) is 47.2 Å². The minimum atomic E-state index is -1.60. The fourth-order valence-corrected chi connectivity index (χ4v) is 6.55. The lowest BCUT2D eigenvalue weighted by Crippen LogP contribution is -2.60. The van der Waals surface area contributed by atoms with Gasteiger partial charge in [-0.15, -0.1) is 0 Å². The van der Waals surface area contributed by atoms with Gasteiger partial charge in [0.25, 0.3) is 0 Å². The van der Waals surface area contributed by atoms with E-state index in [9.17, 15) is 48.3 Å². The number of nitrogens with zero attached hydrogens (tertiary/aromatic N) is 1. The van der Waals surface area contributed by atoms with Crippen LogP contribution >= 0.6 is 0 Å². The summed E-state index contributed by atoms with van der Waals surface area (Å²) in [5.41, 5.74) is 18.1. The van der Waals surface area contributed by atoms with E-state index in [0.717, 1.165) is 0 Å². The Kier molecular flexibility index (Phi) is 24.6. The molecule has 0 fully saturated rings. The van der Waals surface area contributed by atoms with E-state index in [-0.39, 0.29) is 44.4 Å². The third-order valence-electron chi connectivity index (χ3n) is 10.5. The van der Waals surface area contributed by atoms with Gasteiger partial charge in [0.2, 0.25) is 47.3 Å². The first kappa shape index (κ1) is 55.7. The largest absolute Gasteiger partial charge is 0.481 e. The van der Waals surface area contributed by atoms with Gasteiger partial charge in [-0.3, -0.25) is 43.2 Å². The molecule has 0 saturated carbocycles. The van der Waals surface area contributed by atoms with Crippen LogP contribution in [0.4, 0.5) is 0 Å². The number of unbranched alkanes of at least 4 members (excludes halogenated alkanes) is 1. The molecule has 0 bridgehead atoms. The van der Waals surface area contributed by atoms with Gasteiger partial charge in [0.05, 0.1) is 25.5 Å². The lowest BCUT2D eigenvalue weighted by molar-refractivity contribution is -0.137. The molecular weight excluding hydrogens is 861 g/mol. The van der Waals surface area contributed by atoms with Gasteiger partial charge in [0.1, 0.15) is 36.3 Å². The number of H-pyrrole nitrogens is 1. The van der Waals surface area contributed by atoms with Crippen LogP contribution in [-0.2, 0) is 56.0 Å². The fraction of sp³-hybridized carbons (Fsp3) is 0.581. The molecule has 1 aromatic carbocycles. The Hall–Kier alpha value is -6.46. The number of hydrogen-bond acceptors (Lipinski definition) is 13. The predicted molar refractivity (Wildman–Crippen MR) is 240 cm³/mol. The van der Waals surface area contributed by atoms with Crippen LogP contribution in [0.25, 0.3) is 0 Å². The third kappa shape index (κ3) is 20.2. The van der Waals surface area contributed by atoms with Crippen LogP contribution in [0, 0.1) is 11.8 Å². The number of aliphatic hydroxyl groups excluding tert-OH is 1. The van der Waals surface area contributed by atoms with Crippen molar-refractivity contribution >= 4 is 53.2 Å². The Bertz CT molecular complexity index is 1900. The van der Waals surface area contributed by atoms with Crippen molar-refractivity contribution in [3.05, 3.63) is 54.1 Å². The minimum absolute atomic E-state index is 0.0163. The number of carboxylic acid groups (broad SMARTS) is 1. The van der Waals surface area contributed by atoms with Gasteiger partial charge >= 0.3 is 5.97 Å². The number of nitrogens with two attached hydrogens (primary N) is 3. The van der Waals surface area contributed by atoms with Gasteiger partial charge in [0.15, 0.2) is 0 Å². The van der Waals surface area contributed by atoms with E-state index in [1.807, 2.05) is 0 Å². The monoisotopic (exact) mass is 929 g/mol. The predicted octanol–water partition coefficient (Wildman–Crippen LogP) is -2.89. The molecule has 8 atom stereocenters. The molecule has 8 amide bonds. The maximum Gasteiger partial charge on any atom is 0.303 e. The summed E-state index contributed by atoms with van der Waals surface area (Å²) in [6.07, 6.45) is 3.93. The summed E-state index contributed by atoms with van der Waals surface area (Å²) in [5.74, 6) is -8.24. The standard InChI is InChI=1S/C43H68N12O11/c1-5-25(4)36(55-38(61)28(45)14-15-35(58)59)43(66)54-32(19-27-20-47-23-49-27)39(62)48-21-34(57)50-33(22-56)42(65)52-30(17-24(2)3)40(63)53-31(18-26-11-7-6-8-12-26)41(64)51-29(37(46)60)13-9-10-16-44/h6-8,11-12,20,23-25,28-33,36,56H,5,9-10,13-19,21-22,44-45H2,1-4H3,(H2,46,60)(H,47,49)(H,48,62)(H,50,57)(H,51,64)(H,52,65)(H,53,63)(H,54,66)(H,55,61)(H,58,59)/t25-,28-,29-,30-,31-,32-,33-,36-/m0/s1. The van der Waals surface area contributed by atoms with Gasteiger partial charge < -0.3 is 69.6 Å². The van der Waals surface area contributed by atoms with Crippen molar-refractivity contribution in [3.63, 3.8) is 0 Å². The molecule has 16 N–H and O–H groups in total. The zero-order valence-electron chi connectivity index (χ0n) is 38.0. The smallest absolute Gasteiger partial charge is 0.303 e. The highest BCUT2D eigenvalue weighted by molar-refractivity contribution is 5.97. The van der Waals surface area contributed by atoms with Crippen molar-refractivity contribution in [2.24, 2.45) is 29.0 Å². The SMILES string of the molecule is CC[C@H](C)[C@H](NC(=O)[C@@H](N)CCC(=O)O)C(=O)N[C@@H](Cc1cnc[nH]1)C(=O)NCC(=O)N[C@@H](CO)C(=O)N[C@@H](CC(C)C)C(=O)N[C@@H](Cc1ccccc1)C(=O)N[C@@H](CCCCN)C(N)=O. The molecule has 2 aromatic rings. The number of rotatable bonds is 31. The summed E-state index contributed by atoms with van der Waals surface area (Å²) in [4.78, 5) is 124. The number of imidazole rings is 1. The first-order chi connectivity index (χ1) is 31.3. The molecule has 2 rings (SSSR count). The number of carbonyl (C=O) groups excluding carboxylic acids is 8. The van der Waals surface area contributed by atoms with Gasteiger partial charge in [-0.1, -0.05) is 64.4 Å². The van der Waals surface area contributed by atoms with E-state index < -0.39 is 115 Å². The molecule has 366 valence electrons. The van der Waals surface area contributed by atoms with Crippen molar-refractivity contribution in [1.29, 1.82) is 0 Å². The Morgan fingerprint density at radius 1 is 0.727 bits per heavy atom. The van der Waals surface area contributed by atoms with Crippen molar-refractivity contribution in [2.75, 3.05) is 19.7 Å². The van der Waals surface area contributed by atoms with Crippen LogP contribution in [0.5, 0.6) is 0 Å². The van der Waals surface area contributed by atoms with E-state index in [1.165, 1.54) is 12.5 Å².